The van der Waals surface area contributed by atoms with Gasteiger partial charge in [-0.15, -0.1) is 0 Å². The third-order valence-electron chi connectivity index (χ3n) is 1.60. The van der Waals surface area contributed by atoms with Gasteiger partial charge in [-0.05, 0) is 0 Å². The predicted octanol–water partition coefficient (Wildman–Crippen LogP) is 2.53. The van der Waals surface area contributed by atoms with Crippen LogP contribution in [0.25, 0.3) is 0 Å². The number of hydrogen-bond acceptors (Lipinski definition) is 2. The lowest BCUT2D eigenvalue weighted by molar-refractivity contribution is 0.174. The molecule has 0 unspecified atom stereocenters. The maximum atomic E-state index is 5.52. The second-order valence-electron chi connectivity index (χ2n) is 3.97. The average molecular weight is 165 g/mol. The molecule has 0 atom stereocenters. The molecule has 66 valence electrons. The molecule has 0 spiro atoms. The molecule has 0 fully saturated rings. The van der Waals surface area contributed by atoms with E-state index in [9.17, 15) is 0 Å². The molecule has 0 N–H and O–H groups in total. The summed E-state index contributed by atoms with van der Waals surface area (Å²) in [7, 11) is 0. The zero-order valence-corrected chi connectivity index (χ0v) is 7.92. The molecule has 1 aliphatic rings. The van der Waals surface area contributed by atoms with E-state index in [4.69, 9.17) is 4.74 Å². The third kappa shape index (κ3) is 2.22. The van der Waals surface area contributed by atoms with Crippen LogP contribution in [0.2, 0.25) is 0 Å². The van der Waals surface area contributed by atoms with E-state index in [1.54, 1.807) is 12.4 Å². The molecular weight excluding hydrogens is 150 g/mol. The van der Waals surface area contributed by atoms with Crippen LogP contribution in [-0.4, -0.2) is 12.8 Å². The monoisotopic (exact) mass is 165 g/mol. The second-order valence-corrected chi connectivity index (χ2v) is 3.97. The topological polar surface area (TPSA) is 21.6 Å². The molecule has 0 aromatic rings. The minimum absolute atomic E-state index is 0.0297. The van der Waals surface area contributed by atoms with Crippen molar-refractivity contribution in [1.29, 1.82) is 0 Å². The van der Waals surface area contributed by atoms with Crippen molar-refractivity contribution in [3.63, 3.8) is 0 Å². The molecule has 0 aliphatic carbocycles. The fraction of sp³-hybridized carbons (Fsp3) is 0.500. The zero-order valence-electron chi connectivity index (χ0n) is 7.92. The summed E-state index contributed by atoms with van der Waals surface area (Å²) < 4.78 is 5.52. The van der Waals surface area contributed by atoms with Crippen LogP contribution in [0.1, 0.15) is 20.8 Å². The highest BCUT2D eigenvalue weighted by Crippen LogP contribution is 2.27. The first kappa shape index (κ1) is 9.04. The molecule has 1 aliphatic heterocycles. The lowest BCUT2D eigenvalue weighted by atomic mass is 9.94. The van der Waals surface area contributed by atoms with Gasteiger partial charge in [0, 0.05) is 17.2 Å². The molecule has 2 nitrogen and oxygen atoms in total. The van der Waals surface area contributed by atoms with Crippen molar-refractivity contribution in [2.24, 2.45) is 10.4 Å². The van der Waals surface area contributed by atoms with Crippen LogP contribution in [0, 0.1) is 5.41 Å². The average Bonchev–Trinajstić information content (AvgIpc) is 2.11. The second kappa shape index (κ2) is 3.13. The Hall–Kier alpha value is -1.05. The lowest BCUT2D eigenvalue weighted by Gasteiger charge is -2.21. The van der Waals surface area contributed by atoms with E-state index in [0.29, 0.717) is 6.61 Å². The Balaban J connectivity index is 2.77. The molecule has 12 heavy (non-hydrogen) atoms. The van der Waals surface area contributed by atoms with Gasteiger partial charge in [0.2, 0.25) is 0 Å². The third-order valence-corrected chi connectivity index (χ3v) is 1.60. The SMILES string of the molecule is C=C1C=NC=C(C(C)(C)C)OC1. The van der Waals surface area contributed by atoms with Crippen molar-refractivity contribution in [2.75, 3.05) is 6.61 Å². The highest BCUT2D eigenvalue weighted by Gasteiger charge is 2.19. The van der Waals surface area contributed by atoms with E-state index in [1.807, 2.05) is 0 Å². The summed E-state index contributed by atoms with van der Waals surface area (Å²) in [6, 6.07) is 0. The minimum Gasteiger partial charge on any atom is -0.491 e. The Bertz CT molecular complexity index is 243. The van der Waals surface area contributed by atoms with Crippen LogP contribution in [-0.2, 0) is 4.74 Å². The summed E-state index contributed by atoms with van der Waals surface area (Å²) in [5.41, 5.74) is 0.938. The van der Waals surface area contributed by atoms with Gasteiger partial charge in [0.1, 0.15) is 12.4 Å². The Morgan fingerprint density at radius 2 is 2.17 bits per heavy atom. The highest BCUT2D eigenvalue weighted by atomic mass is 16.5. The summed E-state index contributed by atoms with van der Waals surface area (Å²) in [5, 5.41) is 0. The molecule has 0 saturated heterocycles. The van der Waals surface area contributed by atoms with E-state index in [2.05, 4.69) is 32.3 Å². The quantitative estimate of drug-likeness (QED) is 0.540. The minimum atomic E-state index is 0.0297. The summed E-state index contributed by atoms with van der Waals surface area (Å²) >= 11 is 0. The first-order valence-corrected chi connectivity index (χ1v) is 4.04. The molecule has 0 saturated carbocycles. The number of nitrogens with zero attached hydrogens (tertiary/aromatic N) is 1. The molecule has 1 heterocycles. The van der Waals surface area contributed by atoms with Crippen molar-refractivity contribution in [2.45, 2.75) is 20.8 Å². The standard InChI is InChI=1S/C10H15NO/c1-8-5-11-6-9(12-7-8)10(2,3)4/h5-6H,1,7H2,2-4H3. The number of ether oxygens (including phenoxy) is 1. The number of aliphatic imine (C=N–C) groups is 1. The lowest BCUT2D eigenvalue weighted by Crippen LogP contribution is -2.12. The van der Waals surface area contributed by atoms with Crippen molar-refractivity contribution >= 4 is 6.21 Å². The van der Waals surface area contributed by atoms with Gasteiger partial charge >= 0.3 is 0 Å². The molecule has 0 bridgehead atoms. The van der Waals surface area contributed by atoms with Crippen LogP contribution >= 0.6 is 0 Å². The van der Waals surface area contributed by atoms with Crippen molar-refractivity contribution < 1.29 is 4.74 Å². The normalized spacial score (nSPS) is 18.2. The van der Waals surface area contributed by atoms with Gasteiger partial charge in [-0.3, -0.25) is 4.99 Å². The first-order chi connectivity index (χ1) is 5.50. The van der Waals surface area contributed by atoms with Gasteiger partial charge in [-0.25, -0.2) is 0 Å². The van der Waals surface area contributed by atoms with Crippen LogP contribution in [0.5, 0.6) is 0 Å². The van der Waals surface area contributed by atoms with E-state index in [1.165, 1.54) is 0 Å². The van der Waals surface area contributed by atoms with Gasteiger partial charge < -0.3 is 4.74 Å². The molecule has 2 heteroatoms. The van der Waals surface area contributed by atoms with Gasteiger partial charge in [-0.1, -0.05) is 27.4 Å². The summed E-state index contributed by atoms with van der Waals surface area (Å²) in [6.45, 7) is 10.6. The number of allylic oxidation sites excluding steroid dienone is 1. The molecular formula is C10H15NO. The van der Waals surface area contributed by atoms with Crippen LogP contribution in [0.4, 0.5) is 0 Å². The zero-order chi connectivity index (χ0) is 9.19. The van der Waals surface area contributed by atoms with Gasteiger partial charge in [0.05, 0.1) is 6.20 Å². The Morgan fingerprint density at radius 3 is 2.75 bits per heavy atom. The largest absolute Gasteiger partial charge is 0.491 e. The van der Waals surface area contributed by atoms with E-state index >= 15 is 0 Å². The molecule has 0 radical (unpaired) electrons. The van der Waals surface area contributed by atoms with Crippen molar-refractivity contribution in [1.82, 2.24) is 0 Å². The Labute approximate surface area is 73.6 Å². The van der Waals surface area contributed by atoms with Crippen LogP contribution in [0.15, 0.2) is 29.1 Å². The van der Waals surface area contributed by atoms with E-state index in [0.717, 1.165) is 11.3 Å². The maximum absolute atomic E-state index is 5.52. The van der Waals surface area contributed by atoms with E-state index in [-0.39, 0.29) is 5.41 Å². The fourth-order valence-corrected chi connectivity index (χ4v) is 0.866. The van der Waals surface area contributed by atoms with Crippen LogP contribution in [0.3, 0.4) is 0 Å². The van der Waals surface area contributed by atoms with Gasteiger partial charge in [0.15, 0.2) is 0 Å². The predicted molar refractivity (Wildman–Crippen MR) is 51.1 cm³/mol. The van der Waals surface area contributed by atoms with Crippen LogP contribution < -0.4 is 0 Å². The smallest absolute Gasteiger partial charge is 0.120 e. The summed E-state index contributed by atoms with van der Waals surface area (Å²) in [5.74, 6) is 0.914. The van der Waals surface area contributed by atoms with Crippen molar-refractivity contribution in [3.8, 4) is 0 Å². The van der Waals surface area contributed by atoms with E-state index < -0.39 is 0 Å². The Morgan fingerprint density at radius 1 is 1.50 bits per heavy atom. The number of hydrogen-bond donors (Lipinski definition) is 0. The fourth-order valence-electron chi connectivity index (χ4n) is 0.866. The highest BCUT2D eigenvalue weighted by molar-refractivity contribution is 5.78. The molecule has 0 amide bonds. The number of rotatable bonds is 0. The van der Waals surface area contributed by atoms with Gasteiger partial charge in [-0.2, -0.15) is 0 Å². The van der Waals surface area contributed by atoms with Crippen molar-refractivity contribution in [3.05, 3.63) is 24.1 Å². The Kier molecular flexibility index (Phi) is 2.36. The molecule has 1 rings (SSSR count). The maximum Gasteiger partial charge on any atom is 0.120 e. The summed E-state index contributed by atoms with van der Waals surface area (Å²) in [4.78, 5) is 4.09. The van der Waals surface area contributed by atoms with Gasteiger partial charge in [0.25, 0.3) is 0 Å². The first-order valence-electron chi connectivity index (χ1n) is 4.04. The molecule has 0 aromatic carbocycles. The molecule has 0 aromatic heterocycles. The summed E-state index contributed by atoms with van der Waals surface area (Å²) in [6.07, 6.45) is 3.50.